The van der Waals surface area contributed by atoms with Crippen molar-refractivity contribution in [2.45, 2.75) is 6.42 Å². The lowest BCUT2D eigenvalue weighted by atomic mass is 10.1. The number of carboxylic acid groups (broad SMARTS) is 1. The highest BCUT2D eigenvalue weighted by Crippen LogP contribution is 2.25. The van der Waals surface area contributed by atoms with E-state index >= 15 is 0 Å². The van der Waals surface area contributed by atoms with Crippen LogP contribution in [0.3, 0.4) is 0 Å². The van der Waals surface area contributed by atoms with Gasteiger partial charge >= 0.3 is 6.09 Å². The second-order valence-corrected chi connectivity index (χ2v) is 4.64. The average molecular weight is 269 g/mol. The van der Waals surface area contributed by atoms with E-state index in [0.717, 1.165) is 6.07 Å². The van der Waals surface area contributed by atoms with Gasteiger partial charge < -0.3 is 5.11 Å². The lowest BCUT2D eigenvalue weighted by Gasteiger charge is -2.04. The third-order valence-corrected chi connectivity index (χ3v) is 3.19. The molecule has 94 valence electrons. The fourth-order valence-corrected chi connectivity index (χ4v) is 2.47. The first kappa shape index (κ1) is 12.5. The number of hydrogen-bond donors (Lipinski definition) is 2. The molecule has 0 aliphatic rings. The fourth-order valence-electron chi connectivity index (χ4n) is 1.60. The highest BCUT2D eigenvalue weighted by molar-refractivity contribution is 7.10. The van der Waals surface area contributed by atoms with Crippen molar-refractivity contribution >= 4 is 23.1 Å². The maximum Gasteiger partial charge on any atom is 0.409 e. The molecule has 0 fully saturated rings. The van der Waals surface area contributed by atoms with Crippen molar-refractivity contribution in [3.05, 3.63) is 51.7 Å². The average Bonchev–Trinajstić information content (AvgIpc) is 2.63. The van der Waals surface area contributed by atoms with Crippen molar-refractivity contribution < 1.29 is 18.7 Å². The highest BCUT2D eigenvalue weighted by atomic mass is 32.1. The SMILES string of the molecule is O=C(O)Nc1ccsc1Cc1cc(F)cc(F)c1. The summed E-state index contributed by atoms with van der Waals surface area (Å²) in [6.45, 7) is 0. The van der Waals surface area contributed by atoms with Crippen LogP contribution in [-0.4, -0.2) is 11.2 Å². The molecular formula is C12H9F2NO2S. The number of amides is 1. The zero-order chi connectivity index (χ0) is 13.1. The van der Waals surface area contributed by atoms with Gasteiger partial charge in [0.2, 0.25) is 0 Å². The Kier molecular flexibility index (Phi) is 3.57. The molecule has 0 aliphatic carbocycles. The summed E-state index contributed by atoms with van der Waals surface area (Å²) in [5.74, 6) is -1.29. The highest BCUT2D eigenvalue weighted by Gasteiger charge is 2.09. The molecule has 1 aromatic carbocycles. The molecule has 0 radical (unpaired) electrons. The normalized spacial score (nSPS) is 10.3. The van der Waals surface area contributed by atoms with Crippen LogP contribution >= 0.6 is 11.3 Å². The van der Waals surface area contributed by atoms with Crippen molar-refractivity contribution in [3.8, 4) is 0 Å². The molecule has 2 rings (SSSR count). The van der Waals surface area contributed by atoms with Gasteiger partial charge in [-0.3, -0.25) is 5.32 Å². The topological polar surface area (TPSA) is 49.3 Å². The Labute approximate surface area is 106 Å². The second-order valence-electron chi connectivity index (χ2n) is 3.64. The predicted octanol–water partition coefficient (Wildman–Crippen LogP) is 3.71. The van der Waals surface area contributed by atoms with Gasteiger partial charge in [-0.15, -0.1) is 11.3 Å². The Bertz CT molecular complexity index is 563. The van der Waals surface area contributed by atoms with E-state index in [1.54, 1.807) is 11.4 Å². The van der Waals surface area contributed by atoms with Crippen LogP contribution in [0, 0.1) is 11.6 Å². The van der Waals surface area contributed by atoms with Gasteiger partial charge in [-0.1, -0.05) is 0 Å². The number of halogens is 2. The summed E-state index contributed by atoms with van der Waals surface area (Å²) in [5.41, 5.74) is 0.903. The van der Waals surface area contributed by atoms with Crippen LogP contribution in [0.5, 0.6) is 0 Å². The maximum absolute atomic E-state index is 13.0. The molecule has 0 saturated carbocycles. The van der Waals surface area contributed by atoms with Crippen LogP contribution in [-0.2, 0) is 6.42 Å². The zero-order valence-electron chi connectivity index (χ0n) is 9.11. The number of nitrogens with one attached hydrogen (secondary N) is 1. The Balaban J connectivity index is 2.23. The first-order chi connectivity index (χ1) is 8.54. The summed E-state index contributed by atoms with van der Waals surface area (Å²) in [6.07, 6.45) is -0.887. The smallest absolute Gasteiger partial charge is 0.409 e. The molecule has 0 aliphatic heterocycles. The minimum atomic E-state index is -1.17. The molecule has 0 bridgehead atoms. The van der Waals surface area contributed by atoms with Crippen LogP contribution in [0.2, 0.25) is 0 Å². The van der Waals surface area contributed by atoms with Crippen molar-refractivity contribution in [2.24, 2.45) is 0 Å². The van der Waals surface area contributed by atoms with E-state index in [-0.39, 0.29) is 6.42 Å². The lowest BCUT2D eigenvalue weighted by Crippen LogP contribution is -2.07. The third-order valence-electron chi connectivity index (χ3n) is 2.27. The van der Waals surface area contributed by atoms with Gasteiger partial charge in [0.1, 0.15) is 11.6 Å². The molecule has 2 aromatic rings. The molecule has 0 atom stereocenters. The van der Waals surface area contributed by atoms with E-state index in [9.17, 15) is 13.6 Å². The monoisotopic (exact) mass is 269 g/mol. The van der Waals surface area contributed by atoms with Crippen LogP contribution in [0.15, 0.2) is 29.6 Å². The Morgan fingerprint density at radius 3 is 2.56 bits per heavy atom. The Morgan fingerprint density at radius 2 is 1.94 bits per heavy atom. The third kappa shape index (κ3) is 3.04. The quantitative estimate of drug-likeness (QED) is 0.892. The van der Waals surface area contributed by atoms with E-state index < -0.39 is 17.7 Å². The number of benzene rings is 1. The molecule has 2 N–H and O–H groups in total. The van der Waals surface area contributed by atoms with Gasteiger partial charge in [0.15, 0.2) is 0 Å². The van der Waals surface area contributed by atoms with Gasteiger partial charge in [-0.05, 0) is 29.1 Å². The molecule has 6 heteroatoms. The lowest BCUT2D eigenvalue weighted by molar-refractivity contribution is 0.209. The van der Waals surface area contributed by atoms with E-state index in [2.05, 4.69) is 5.32 Å². The molecule has 0 unspecified atom stereocenters. The first-order valence-corrected chi connectivity index (χ1v) is 5.94. The summed E-state index contributed by atoms with van der Waals surface area (Å²) in [4.78, 5) is 11.3. The summed E-state index contributed by atoms with van der Waals surface area (Å²) < 4.78 is 26.0. The standard InChI is InChI=1S/C12H9F2NO2S/c13-8-3-7(4-9(14)6-8)5-11-10(1-2-18-11)15-12(16)17/h1-4,6,15H,5H2,(H,16,17). The molecule has 1 aromatic heterocycles. The number of rotatable bonds is 3. The molecule has 18 heavy (non-hydrogen) atoms. The van der Waals surface area contributed by atoms with Crippen molar-refractivity contribution in [1.82, 2.24) is 0 Å². The Hall–Kier alpha value is -1.95. The molecule has 1 heterocycles. The van der Waals surface area contributed by atoms with E-state index in [1.807, 2.05) is 0 Å². The fraction of sp³-hybridized carbons (Fsp3) is 0.0833. The van der Waals surface area contributed by atoms with Gasteiger partial charge in [0, 0.05) is 17.4 Å². The summed E-state index contributed by atoms with van der Waals surface area (Å²) in [5, 5.41) is 12.6. The number of thiophene rings is 1. The van der Waals surface area contributed by atoms with Gasteiger partial charge in [0.25, 0.3) is 0 Å². The second kappa shape index (κ2) is 5.14. The first-order valence-electron chi connectivity index (χ1n) is 5.06. The van der Waals surface area contributed by atoms with Crippen LogP contribution < -0.4 is 5.32 Å². The minimum absolute atomic E-state index is 0.280. The predicted molar refractivity (Wildman–Crippen MR) is 65.1 cm³/mol. The maximum atomic E-state index is 13.0. The molecule has 3 nitrogen and oxygen atoms in total. The zero-order valence-corrected chi connectivity index (χ0v) is 9.93. The van der Waals surface area contributed by atoms with Gasteiger partial charge in [0.05, 0.1) is 5.69 Å². The summed E-state index contributed by atoms with van der Waals surface area (Å²) in [6, 6.07) is 4.87. The van der Waals surface area contributed by atoms with Gasteiger partial charge in [-0.2, -0.15) is 0 Å². The molecular weight excluding hydrogens is 260 g/mol. The molecule has 0 spiro atoms. The summed E-state index contributed by atoms with van der Waals surface area (Å²) >= 11 is 1.33. The van der Waals surface area contributed by atoms with E-state index in [1.165, 1.54) is 23.5 Å². The van der Waals surface area contributed by atoms with E-state index in [0.29, 0.717) is 16.1 Å². The largest absolute Gasteiger partial charge is 0.465 e. The minimum Gasteiger partial charge on any atom is -0.465 e. The summed E-state index contributed by atoms with van der Waals surface area (Å²) in [7, 11) is 0. The van der Waals surface area contributed by atoms with E-state index in [4.69, 9.17) is 5.11 Å². The Morgan fingerprint density at radius 1 is 1.28 bits per heavy atom. The van der Waals surface area contributed by atoms with Crippen molar-refractivity contribution in [2.75, 3.05) is 5.32 Å². The van der Waals surface area contributed by atoms with Crippen molar-refractivity contribution in [1.29, 1.82) is 0 Å². The number of carbonyl (C=O) groups is 1. The molecule has 1 amide bonds. The van der Waals surface area contributed by atoms with Crippen LogP contribution in [0.4, 0.5) is 19.3 Å². The van der Waals surface area contributed by atoms with Crippen LogP contribution in [0.25, 0.3) is 0 Å². The van der Waals surface area contributed by atoms with Crippen LogP contribution in [0.1, 0.15) is 10.4 Å². The van der Waals surface area contributed by atoms with Crippen molar-refractivity contribution in [3.63, 3.8) is 0 Å². The van der Waals surface area contributed by atoms with Gasteiger partial charge in [-0.25, -0.2) is 13.6 Å². The molecule has 0 saturated heterocycles. The number of anilines is 1. The number of hydrogen-bond acceptors (Lipinski definition) is 2.